The highest BCUT2D eigenvalue weighted by Gasteiger charge is 2.10. The van der Waals surface area contributed by atoms with Crippen LogP contribution in [0.4, 0.5) is 0 Å². The van der Waals surface area contributed by atoms with Gasteiger partial charge in [0.05, 0.1) is 8.66 Å². The van der Waals surface area contributed by atoms with Gasteiger partial charge in [0, 0.05) is 19.3 Å². The molecule has 9 heteroatoms. The summed E-state index contributed by atoms with van der Waals surface area (Å²) in [6.07, 6.45) is 3.12. The van der Waals surface area contributed by atoms with Crippen molar-refractivity contribution >= 4 is 39.1 Å². The van der Waals surface area contributed by atoms with Crippen LogP contribution < -0.4 is 10.9 Å². The number of aromatic nitrogens is 2. The third kappa shape index (κ3) is 5.76. The van der Waals surface area contributed by atoms with Gasteiger partial charge in [-0.3, -0.25) is 20.4 Å². The van der Waals surface area contributed by atoms with Gasteiger partial charge in [-0.2, -0.15) is 4.98 Å². The third-order valence-electron chi connectivity index (χ3n) is 2.89. The smallest absolute Gasteiger partial charge is 0.279 e. The molecule has 0 saturated carbocycles. The lowest BCUT2D eigenvalue weighted by molar-refractivity contribution is -0.121. The molecule has 2 rings (SSSR count). The van der Waals surface area contributed by atoms with E-state index in [0.717, 1.165) is 16.6 Å². The summed E-state index contributed by atoms with van der Waals surface area (Å²) in [5, 5.41) is 3.85. The molecule has 2 amide bonds. The van der Waals surface area contributed by atoms with Gasteiger partial charge in [0.1, 0.15) is 0 Å². The number of nitrogens with zero attached hydrogens (tertiary/aromatic N) is 2. The van der Waals surface area contributed by atoms with Crippen LogP contribution in [0.2, 0.25) is 0 Å². The highest BCUT2D eigenvalue weighted by molar-refractivity contribution is 9.11. The summed E-state index contributed by atoms with van der Waals surface area (Å²) in [4.78, 5) is 28.2. The number of hydrogen-bond acceptors (Lipinski definition) is 6. The number of amides is 2. The zero-order valence-corrected chi connectivity index (χ0v) is 15.0. The summed E-state index contributed by atoms with van der Waals surface area (Å²) >= 11 is 4.57. The first kappa shape index (κ1) is 17.6. The number of hydrazine groups is 1. The molecule has 2 heterocycles. The summed E-state index contributed by atoms with van der Waals surface area (Å²) < 4.78 is 5.95. The van der Waals surface area contributed by atoms with Gasteiger partial charge in [-0.15, -0.1) is 11.3 Å². The number of carbonyl (C=O) groups excluding carboxylic acids is 2. The van der Waals surface area contributed by atoms with Crippen molar-refractivity contribution in [1.29, 1.82) is 0 Å². The number of thiophene rings is 1. The van der Waals surface area contributed by atoms with E-state index in [1.54, 1.807) is 12.1 Å². The summed E-state index contributed by atoms with van der Waals surface area (Å²) in [7, 11) is 0. The Hall–Kier alpha value is -1.74. The van der Waals surface area contributed by atoms with E-state index in [1.165, 1.54) is 11.3 Å². The van der Waals surface area contributed by atoms with Crippen LogP contribution in [-0.2, 0) is 17.6 Å². The molecule has 7 nitrogen and oxygen atoms in total. The molecule has 0 aliphatic carbocycles. The lowest BCUT2D eigenvalue weighted by Gasteiger charge is -2.05. The van der Waals surface area contributed by atoms with Gasteiger partial charge >= 0.3 is 0 Å². The van der Waals surface area contributed by atoms with E-state index in [4.69, 9.17) is 4.52 Å². The average molecular weight is 401 g/mol. The van der Waals surface area contributed by atoms with Gasteiger partial charge in [0.2, 0.25) is 11.8 Å². The molecule has 0 spiro atoms. The number of nitrogens with one attached hydrogen (secondary N) is 2. The predicted molar refractivity (Wildman–Crippen MR) is 88.9 cm³/mol. The molecule has 0 radical (unpaired) electrons. The first-order chi connectivity index (χ1) is 11.1. The number of carbonyl (C=O) groups is 2. The van der Waals surface area contributed by atoms with E-state index in [2.05, 4.69) is 36.9 Å². The van der Waals surface area contributed by atoms with Crippen molar-refractivity contribution in [1.82, 2.24) is 21.0 Å². The van der Waals surface area contributed by atoms with Crippen molar-refractivity contribution in [3.63, 3.8) is 0 Å². The summed E-state index contributed by atoms with van der Waals surface area (Å²) in [6.45, 7) is 2.05. The Morgan fingerprint density at radius 3 is 2.83 bits per heavy atom. The van der Waals surface area contributed by atoms with Crippen LogP contribution in [0, 0.1) is 0 Å². The summed E-state index contributed by atoms with van der Waals surface area (Å²) in [6, 6.07) is 3.46. The van der Waals surface area contributed by atoms with Crippen LogP contribution in [-0.4, -0.2) is 22.0 Å². The zero-order chi connectivity index (χ0) is 16.7. The van der Waals surface area contributed by atoms with E-state index in [9.17, 15) is 9.59 Å². The second kappa shape index (κ2) is 8.78. The fourth-order valence-corrected chi connectivity index (χ4v) is 3.09. The minimum Gasteiger partial charge on any atom is -0.339 e. The predicted octanol–water partition coefficient (Wildman–Crippen LogP) is 2.63. The first-order valence-corrected chi connectivity index (χ1v) is 8.85. The van der Waals surface area contributed by atoms with Gasteiger partial charge in [0.25, 0.3) is 5.91 Å². The zero-order valence-electron chi connectivity index (χ0n) is 12.6. The van der Waals surface area contributed by atoms with E-state index in [1.807, 2.05) is 6.92 Å². The fraction of sp³-hybridized carbons (Fsp3) is 0.429. The summed E-state index contributed by atoms with van der Waals surface area (Å²) in [5.41, 5.74) is 4.77. The van der Waals surface area contributed by atoms with E-state index in [-0.39, 0.29) is 18.2 Å². The van der Waals surface area contributed by atoms with Gasteiger partial charge in [0.15, 0.2) is 5.82 Å². The van der Waals surface area contributed by atoms with Crippen LogP contribution in [0.1, 0.15) is 47.6 Å². The fourth-order valence-electron chi connectivity index (χ4n) is 1.80. The molecular weight excluding hydrogens is 384 g/mol. The number of halogens is 1. The van der Waals surface area contributed by atoms with Crippen LogP contribution in [0.3, 0.4) is 0 Å². The Bertz CT molecular complexity index is 671. The molecule has 23 heavy (non-hydrogen) atoms. The lowest BCUT2D eigenvalue weighted by atomic mass is 10.2. The highest BCUT2D eigenvalue weighted by Crippen LogP contribution is 2.21. The molecule has 2 aromatic rings. The van der Waals surface area contributed by atoms with Crippen molar-refractivity contribution in [3.05, 3.63) is 32.5 Å². The normalized spacial score (nSPS) is 10.5. The molecule has 0 bridgehead atoms. The van der Waals surface area contributed by atoms with Crippen molar-refractivity contribution < 1.29 is 14.1 Å². The van der Waals surface area contributed by atoms with Crippen molar-refractivity contribution in [2.75, 3.05) is 0 Å². The largest absolute Gasteiger partial charge is 0.339 e. The van der Waals surface area contributed by atoms with Crippen molar-refractivity contribution in [2.45, 2.75) is 39.0 Å². The lowest BCUT2D eigenvalue weighted by Crippen LogP contribution is -2.41. The van der Waals surface area contributed by atoms with Gasteiger partial charge in [-0.05, 0) is 40.9 Å². The minimum absolute atomic E-state index is 0.262. The SMILES string of the molecule is CCCc1noc(CCCC(=O)NNC(=O)c2ccc(Br)s2)n1. The van der Waals surface area contributed by atoms with E-state index in [0.29, 0.717) is 29.4 Å². The maximum atomic E-state index is 11.8. The van der Waals surface area contributed by atoms with Gasteiger partial charge < -0.3 is 4.52 Å². The van der Waals surface area contributed by atoms with E-state index < -0.39 is 0 Å². The molecule has 124 valence electrons. The molecule has 2 aromatic heterocycles. The molecule has 0 aliphatic rings. The number of aryl methyl sites for hydroxylation is 2. The highest BCUT2D eigenvalue weighted by atomic mass is 79.9. The Kier molecular flexibility index (Phi) is 6.72. The molecular formula is C14H17BrN4O3S. The first-order valence-electron chi connectivity index (χ1n) is 7.24. The maximum absolute atomic E-state index is 11.8. The third-order valence-corrected chi connectivity index (χ3v) is 4.51. The Balaban J connectivity index is 1.65. The molecule has 0 unspecified atom stereocenters. The van der Waals surface area contributed by atoms with Gasteiger partial charge in [-0.1, -0.05) is 12.1 Å². The maximum Gasteiger partial charge on any atom is 0.279 e. The second-order valence-electron chi connectivity index (χ2n) is 4.81. The minimum atomic E-state index is -0.338. The Morgan fingerprint density at radius 2 is 2.13 bits per heavy atom. The standard InChI is InChI=1S/C14H17BrN4O3S/c1-2-4-11-16-13(22-19-11)6-3-5-12(20)17-18-14(21)9-7-8-10(15)23-9/h7-8H,2-6H2,1H3,(H,17,20)(H,18,21). The number of rotatable bonds is 7. The van der Waals surface area contributed by atoms with Gasteiger partial charge in [-0.25, -0.2) is 0 Å². The molecule has 0 saturated heterocycles. The monoisotopic (exact) mass is 400 g/mol. The van der Waals surface area contributed by atoms with Crippen LogP contribution in [0.5, 0.6) is 0 Å². The van der Waals surface area contributed by atoms with Crippen LogP contribution in [0.15, 0.2) is 20.4 Å². The quantitative estimate of drug-likeness (QED) is 0.696. The Morgan fingerprint density at radius 1 is 1.30 bits per heavy atom. The van der Waals surface area contributed by atoms with Crippen LogP contribution >= 0.6 is 27.3 Å². The number of hydrogen-bond donors (Lipinski definition) is 2. The van der Waals surface area contributed by atoms with Crippen LogP contribution in [0.25, 0.3) is 0 Å². The van der Waals surface area contributed by atoms with Crippen molar-refractivity contribution in [3.8, 4) is 0 Å². The molecule has 0 fully saturated rings. The molecule has 0 atom stereocenters. The van der Waals surface area contributed by atoms with E-state index >= 15 is 0 Å². The second-order valence-corrected chi connectivity index (χ2v) is 7.28. The molecule has 2 N–H and O–H groups in total. The Labute approximate surface area is 145 Å². The summed E-state index contributed by atoms with van der Waals surface area (Å²) in [5.74, 6) is 0.632. The van der Waals surface area contributed by atoms with Crippen molar-refractivity contribution in [2.24, 2.45) is 0 Å². The molecule has 0 aromatic carbocycles. The molecule has 0 aliphatic heterocycles. The average Bonchev–Trinajstić information content (AvgIpc) is 3.14. The topological polar surface area (TPSA) is 97.1 Å².